The first-order chi connectivity index (χ1) is 15.4. The van der Waals surface area contributed by atoms with Crippen LogP contribution in [0.25, 0.3) is 6.08 Å². The third-order valence-electron chi connectivity index (χ3n) is 4.72. The minimum atomic E-state index is -0.796. The molecule has 0 radical (unpaired) electrons. The van der Waals surface area contributed by atoms with Crippen LogP contribution in [0.5, 0.6) is 5.75 Å². The zero-order chi connectivity index (χ0) is 22.7. The van der Waals surface area contributed by atoms with E-state index >= 15 is 0 Å². The third kappa shape index (κ3) is 4.71. The molecular weight excluding hydrogens is 457 g/mol. The normalized spacial score (nSPS) is 15.4. The summed E-state index contributed by atoms with van der Waals surface area (Å²) in [6.45, 7) is 0.603. The van der Waals surface area contributed by atoms with Crippen LogP contribution in [0.1, 0.15) is 11.5 Å². The molecule has 1 aliphatic rings. The average Bonchev–Trinajstić information content (AvgIpc) is 3.43. The highest BCUT2D eigenvalue weighted by atomic mass is 35.5. The number of imide groups is 2. The van der Waals surface area contributed by atoms with E-state index in [0.717, 1.165) is 4.90 Å². The Labute approximate surface area is 192 Å². The predicted octanol–water partition coefficient (Wildman–Crippen LogP) is 4.13. The second kappa shape index (κ2) is 9.33. The van der Waals surface area contributed by atoms with Crippen LogP contribution >= 0.6 is 23.2 Å². The second-order valence-electron chi connectivity index (χ2n) is 6.84. The van der Waals surface area contributed by atoms with Gasteiger partial charge in [-0.05, 0) is 42.5 Å². The smallest absolute Gasteiger partial charge is 0.331 e. The van der Waals surface area contributed by atoms with Crippen LogP contribution in [0, 0.1) is 0 Å². The van der Waals surface area contributed by atoms with Gasteiger partial charge < -0.3 is 13.7 Å². The number of amides is 4. The fourth-order valence-corrected chi connectivity index (χ4v) is 3.48. The largest absolute Gasteiger partial charge is 0.490 e. The van der Waals surface area contributed by atoms with E-state index in [2.05, 4.69) is 5.32 Å². The van der Waals surface area contributed by atoms with Crippen LogP contribution in [0.2, 0.25) is 10.0 Å². The Morgan fingerprint density at radius 2 is 1.94 bits per heavy atom. The SMILES string of the molecule is O=C1NC(=O)N(Cc2ccco2)C(=O)/C1=C\c1cccn1CCOc1cc(Cl)ccc1Cl. The molecule has 1 aromatic carbocycles. The van der Waals surface area contributed by atoms with E-state index < -0.39 is 17.8 Å². The predicted molar refractivity (Wildman–Crippen MR) is 117 cm³/mol. The van der Waals surface area contributed by atoms with Gasteiger partial charge in [0.15, 0.2) is 0 Å². The van der Waals surface area contributed by atoms with Crippen molar-refractivity contribution in [1.82, 2.24) is 14.8 Å². The van der Waals surface area contributed by atoms with E-state index in [-0.39, 0.29) is 18.7 Å². The molecule has 8 nitrogen and oxygen atoms in total. The number of urea groups is 1. The quantitative estimate of drug-likeness (QED) is 0.411. The van der Waals surface area contributed by atoms with Crippen molar-refractivity contribution in [3.63, 3.8) is 0 Å². The van der Waals surface area contributed by atoms with Crippen LogP contribution in [-0.4, -0.2) is 33.9 Å². The number of hydrogen-bond donors (Lipinski definition) is 1. The maximum absolute atomic E-state index is 12.9. The van der Waals surface area contributed by atoms with Crippen LogP contribution in [0.15, 0.2) is 64.9 Å². The highest BCUT2D eigenvalue weighted by Crippen LogP contribution is 2.27. The number of hydrogen-bond acceptors (Lipinski definition) is 5. The van der Waals surface area contributed by atoms with Crippen LogP contribution in [0.3, 0.4) is 0 Å². The molecule has 164 valence electrons. The first-order valence-electron chi connectivity index (χ1n) is 9.56. The van der Waals surface area contributed by atoms with Crippen molar-refractivity contribution < 1.29 is 23.5 Å². The summed E-state index contributed by atoms with van der Waals surface area (Å²) in [7, 11) is 0. The molecule has 32 heavy (non-hydrogen) atoms. The highest BCUT2D eigenvalue weighted by molar-refractivity contribution is 6.34. The molecule has 1 N–H and O–H groups in total. The summed E-state index contributed by atoms with van der Waals surface area (Å²) in [6.07, 6.45) is 4.66. The zero-order valence-corrected chi connectivity index (χ0v) is 18.1. The van der Waals surface area contributed by atoms with Crippen molar-refractivity contribution in [1.29, 1.82) is 0 Å². The number of barbiturate groups is 1. The monoisotopic (exact) mass is 473 g/mol. The van der Waals surface area contributed by atoms with Gasteiger partial charge in [-0.2, -0.15) is 0 Å². The minimum Gasteiger partial charge on any atom is -0.490 e. The number of carbonyl (C=O) groups is 3. The van der Waals surface area contributed by atoms with Gasteiger partial charge in [0.25, 0.3) is 11.8 Å². The van der Waals surface area contributed by atoms with E-state index in [4.69, 9.17) is 32.4 Å². The summed E-state index contributed by atoms with van der Waals surface area (Å²) >= 11 is 12.1. The molecule has 0 atom stereocenters. The molecule has 0 saturated carbocycles. The number of nitrogens with zero attached hydrogens (tertiary/aromatic N) is 2. The van der Waals surface area contributed by atoms with Gasteiger partial charge in [-0.3, -0.25) is 19.8 Å². The lowest BCUT2D eigenvalue weighted by molar-refractivity contribution is -0.130. The highest BCUT2D eigenvalue weighted by Gasteiger charge is 2.36. The molecule has 4 amide bonds. The van der Waals surface area contributed by atoms with Gasteiger partial charge in [-0.25, -0.2) is 4.79 Å². The Balaban J connectivity index is 1.49. The van der Waals surface area contributed by atoms with Crippen molar-refractivity contribution in [2.45, 2.75) is 13.1 Å². The molecule has 3 heterocycles. The molecule has 1 aliphatic heterocycles. The van der Waals surface area contributed by atoms with Gasteiger partial charge >= 0.3 is 6.03 Å². The Kier molecular flexibility index (Phi) is 6.34. The van der Waals surface area contributed by atoms with Crippen LogP contribution in [0.4, 0.5) is 4.79 Å². The number of ether oxygens (including phenoxy) is 1. The molecular formula is C22H17Cl2N3O5. The molecule has 0 spiro atoms. The Hall–Kier alpha value is -3.49. The molecule has 10 heteroatoms. The van der Waals surface area contributed by atoms with E-state index in [1.807, 2.05) is 0 Å². The molecule has 2 aromatic heterocycles. The number of carbonyl (C=O) groups excluding carboxylic acids is 3. The number of furan rings is 1. The van der Waals surface area contributed by atoms with Crippen molar-refractivity contribution in [2.75, 3.05) is 6.61 Å². The fraction of sp³-hybridized carbons (Fsp3) is 0.136. The molecule has 0 bridgehead atoms. The third-order valence-corrected chi connectivity index (χ3v) is 5.27. The first-order valence-corrected chi connectivity index (χ1v) is 10.3. The van der Waals surface area contributed by atoms with Gasteiger partial charge in [0.1, 0.15) is 23.7 Å². The summed E-state index contributed by atoms with van der Waals surface area (Å²) in [5.41, 5.74) is 0.437. The van der Waals surface area contributed by atoms with Gasteiger partial charge in [0, 0.05) is 23.0 Å². The molecule has 1 saturated heterocycles. The minimum absolute atomic E-state index is 0.0858. The van der Waals surface area contributed by atoms with Gasteiger partial charge in [-0.15, -0.1) is 0 Å². The fourth-order valence-electron chi connectivity index (χ4n) is 3.15. The lowest BCUT2D eigenvalue weighted by Gasteiger charge is -2.25. The van der Waals surface area contributed by atoms with Crippen molar-refractivity contribution in [3.8, 4) is 5.75 Å². The number of halogens is 2. The maximum Gasteiger partial charge on any atom is 0.331 e. The standard InChI is InChI=1S/C22H17Cl2N3O5/c23-14-5-6-18(24)19(11-14)32-10-8-26-7-1-3-15(26)12-17-20(28)25-22(30)27(21(17)29)13-16-4-2-9-31-16/h1-7,9,11-12H,8,10,13H2,(H,25,28,30)/b17-12-. The van der Waals surface area contributed by atoms with E-state index in [9.17, 15) is 14.4 Å². The van der Waals surface area contributed by atoms with Gasteiger partial charge in [-0.1, -0.05) is 23.2 Å². The summed E-state index contributed by atoms with van der Waals surface area (Å²) in [5.74, 6) is -0.585. The topological polar surface area (TPSA) is 93.8 Å². The number of rotatable bonds is 7. The van der Waals surface area contributed by atoms with Crippen molar-refractivity contribution in [3.05, 3.63) is 82.0 Å². The Bertz CT molecular complexity index is 1200. The lowest BCUT2D eigenvalue weighted by Crippen LogP contribution is -2.53. The number of nitrogens with one attached hydrogen (secondary N) is 1. The molecule has 4 rings (SSSR count). The second-order valence-corrected chi connectivity index (χ2v) is 7.68. The van der Waals surface area contributed by atoms with Gasteiger partial charge in [0.05, 0.1) is 24.4 Å². The van der Waals surface area contributed by atoms with E-state index in [0.29, 0.717) is 33.8 Å². The molecule has 0 aliphatic carbocycles. The lowest BCUT2D eigenvalue weighted by atomic mass is 10.1. The molecule has 0 unspecified atom stereocenters. The maximum atomic E-state index is 12.9. The Morgan fingerprint density at radius 3 is 2.72 bits per heavy atom. The zero-order valence-electron chi connectivity index (χ0n) is 16.6. The number of benzene rings is 1. The summed E-state index contributed by atoms with van der Waals surface area (Å²) in [6, 6.07) is 10.9. The van der Waals surface area contributed by atoms with Gasteiger partial charge in [0.2, 0.25) is 0 Å². The summed E-state index contributed by atoms with van der Waals surface area (Å²) in [5, 5.41) is 3.13. The first kappa shape index (κ1) is 21.7. The van der Waals surface area contributed by atoms with Crippen molar-refractivity contribution >= 4 is 47.1 Å². The van der Waals surface area contributed by atoms with Crippen LogP contribution in [-0.2, 0) is 22.7 Å². The Morgan fingerprint density at radius 1 is 1.09 bits per heavy atom. The summed E-state index contributed by atoms with van der Waals surface area (Å²) in [4.78, 5) is 38.3. The average molecular weight is 474 g/mol. The molecule has 3 aromatic rings. The van der Waals surface area contributed by atoms with Crippen molar-refractivity contribution in [2.24, 2.45) is 0 Å². The van der Waals surface area contributed by atoms with E-state index in [1.165, 1.54) is 12.3 Å². The summed E-state index contributed by atoms with van der Waals surface area (Å²) < 4.78 is 12.7. The number of aromatic nitrogens is 1. The van der Waals surface area contributed by atoms with E-state index in [1.54, 1.807) is 53.2 Å². The molecule has 1 fully saturated rings. The van der Waals surface area contributed by atoms with Crippen LogP contribution < -0.4 is 10.1 Å².